The predicted molar refractivity (Wildman–Crippen MR) is 90.4 cm³/mol. The van der Waals surface area contributed by atoms with E-state index in [0.717, 1.165) is 10.1 Å². The van der Waals surface area contributed by atoms with Gasteiger partial charge in [0, 0.05) is 10.1 Å². The number of carbonyl (C=O) groups excluding carboxylic acids is 2. The van der Waals surface area contributed by atoms with E-state index in [1.165, 1.54) is 29.8 Å². The molecular weight excluding hydrogens is 342 g/mol. The summed E-state index contributed by atoms with van der Waals surface area (Å²) in [6.07, 6.45) is 0. The topological polar surface area (TPSA) is 55.4 Å². The van der Waals surface area contributed by atoms with Crippen LogP contribution in [0.5, 0.6) is 0 Å². The molecule has 4 nitrogen and oxygen atoms in total. The van der Waals surface area contributed by atoms with Crippen LogP contribution >= 0.6 is 34.3 Å². The van der Waals surface area contributed by atoms with Gasteiger partial charge in [-0.2, -0.15) is 0 Å². The Morgan fingerprint density at radius 3 is 2.68 bits per heavy atom. The molecule has 1 amide bonds. The monoisotopic (exact) mass is 351 g/mol. The Bertz CT molecular complexity index is 869. The number of fused-ring (bicyclic) bond motifs is 1. The number of thiophene rings is 2. The standard InChI is InChI=1S/C15H10ClNO3S2/c1-20-15(19)12-9(6-7-21-12)17-14(18)13-11(16)8-4-2-3-5-10(8)22-13/h2-7H,1H3,(H,17,18). The van der Waals surface area contributed by atoms with Crippen molar-refractivity contribution in [3.63, 3.8) is 0 Å². The zero-order valence-electron chi connectivity index (χ0n) is 11.4. The molecule has 1 N–H and O–H groups in total. The number of esters is 1. The largest absolute Gasteiger partial charge is 0.465 e. The van der Waals surface area contributed by atoms with Gasteiger partial charge in [-0.25, -0.2) is 4.79 Å². The SMILES string of the molecule is COC(=O)c1sccc1NC(=O)c1sc2ccccc2c1Cl. The van der Waals surface area contributed by atoms with E-state index in [2.05, 4.69) is 5.32 Å². The Morgan fingerprint density at radius 1 is 1.18 bits per heavy atom. The number of hydrogen-bond acceptors (Lipinski definition) is 5. The summed E-state index contributed by atoms with van der Waals surface area (Å²) in [5, 5.41) is 5.71. The number of amides is 1. The average molecular weight is 352 g/mol. The van der Waals surface area contributed by atoms with Crippen molar-refractivity contribution in [1.29, 1.82) is 0 Å². The first-order valence-corrected chi connectivity index (χ1v) is 8.33. The van der Waals surface area contributed by atoms with Crippen molar-refractivity contribution in [1.82, 2.24) is 0 Å². The quantitative estimate of drug-likeness (QED) is 0.698. The van der Waals surface area contributed by atoms with E-state index in [1.807, 2.05) is 24.3 Å². The van der Waals surface area contributed by atoms with E-state index in [0.29, 0.717) is 20.5 Å². The second kappa shape index (κ2) is 6.08. The molecule has 3 rings (SSSR count). The molecule has 22 heavy (non-hydrogen) atoms. The third-order valence-corrected chi connectivity index (χ3v) is 5.59. The minimum atomic E-state index is -0.479. The van der Waals surface area contributed by atoms with Crippen molar-refractivity contribution in [3.8, 4) is 0 Å². The number of anilines is 1. The highest BCUT2D eigenvalue weighted by Crippen LogP contribution is 2.36. The van der Waals surface area contributed by atoms with Crippen LogP contribution in [0, 0.1) is 0 Å². The van der Waals surface area contributed by atoms with E-state index >= 15 is 0 Å². The van der Waals surface area contributed by atoms with Gasteiger partial charge < -0.3 is 10.1 Å². The van der Waals surface area contributed by atoms with Crippen molar-refractivity contribution < 1.29 is 14.3 Å². The number of carbonyl (C=O) groups is 2. The number of rotatable bonds is 3. The summed E-state index contributed by atoms with van der Waals surface area (Å²) < 4.78 is 5.63. The Kier molecular flexibility index (Phi) is 4.15. The third-order valence-electron chi connectivity index (χ3n) is 3.03. The normalized spacial score (nSPS) is 10.6. The van der Waals surface area contributed by atoms with Gasteiger partial charge in [-0.3, -0.25) is 4.79 Å². The van der Waals surface area contributed by atoms with Crippen LogP contribution < -0.4 is 5.32 Å². The van der Waals surface area contributed by atoms with Crippen molar-refractivity contribution in [2.75, 3.05) is 12.4 Å². The maximum atomic E-state index is 12.4. The molecule has 0 radical (unpaired) electrons. The second-order valence-corrected chi connectivity index (χ2v) is 6.70. The summed E-state index contributed by atoms with van der Waals surface area (Å²) in [6.45, 7) is 0. The summed E-state index contributed by atoms with van der Waals surface area (Å²) >= 11 is 8.81. The molecule has 0 saturated heterocycles. The molecule has 0 atom stereocenters. The van der Waals surface area contributed by atoms with Crippen molar-refractivity contribution in [3.05, 3.63) is 50.5 Å². The van der Waals surface area contributed by atoms with Gasteiger partial charge in [0.2, 0.25) is 0 Å². The Morgan fingerprint density at radius 2 is 1.95 bits per heavy atom. The van der Waals surface area contributed by atoms with Crippen LogP contribution in [0.15, 0.2) is 35.7 Å². The number of ether oxygens (including phenoxy) is 1. The molecule has 0 spiro atoms. The van der Waals surface area contributed by atoms with E-state index < -0.39 is 5.97 Å². The van der Waals surface area contributed by atoms with Crippen LogP contribution in [-0.4, -0.2) is 19.0 Å². The van der Waals surface area contributed by atoms with Crippen LogP contribution in [0.2, 0.25) is 5.02 Å². The highest BCUT2D eigenvalue weighted by Gasteiger charge is 2.20. The number of hydrogen-bond donors (Lipinski definition) is 1. The molecule has 0 fully saturated rings. The minimum Gasteiger partial charge on any atom is -0.465 e. The molecule has 1 aromatic carbocycles. The molecule has 0 aliphatic carbocycles. The third kappa shape index (κ3) is 2.61. The van der Waals surface area contributed by atoms with Crippen molar-refractivity contribution in [2.24, 2.45) is 0 Å². The predicted octanol–water partition coefficient (Wildman–Crippen LogP) is 4.66. The molecule has 7 heteroatoms. The number of nitrogens with one attached hydrogen (secondary N) is 1. The van der Waals surface area contributed by atoms with Crippen LogP contribution in [0.1, 0.15) is 19.3 Å². The Balaban J connectivity index is 1.93. The molecule has 112 valence electrons. The molecule has 0 aliphatic heterocycles. The lowest BCUT2D eigenvalue weighted by atomic mass is 10.2. The maximum Gasteiger partial charge on any atom is 0.350 e. The molecular formula is C15H10ClNO3S2. The first kappa shape index (κ1) is 15.0. The Hall–Kier alpha value is -1.89. The molecule has 2 aromatic heterocycles. The zero-order chi connectivity index (χ0) is 15.7. The lowest BCUT2D eigenvalue weighted by molar-refractivity contribution is 0.0607. The van der Waals surface area contributed by atoms with Crippen LogP contribution in [0.25, 0.3) is 10.1 Å². The lowest BCUT2D eigenvalue weighted by Gasteiger charge is -2.04. The van der Waals surface area contributed by atoms with Crippen molar-refractivity contribution >= 4 is 61.9 Å². The van der Waals surface area contributed by atoms with Crippen LogP contribution in [0.4, 0.5) is 5.69 Å². The first-order chi connectivity index (χ1) is 10.6. The minimum absolute atomic E-state index is 0.338. The molecule has 0 saturated carbocycles. The van der Waals surface area contributed by atoms with Gasteiger partial charge in [-0.05, 0) is 17.5 Å². The van der Waals surface area contributed by atoms with Crippen LogP contribution in [-0.2, 0) is 4.74 Å². The van der Waals surface area contributed by atoms with E-state index in [1.54, 1.807) is 11.4 Å². The van der Waals surface area contributed by atoms with Gasteiger partial charge in [-0.1, -0.05) is 29.8 Å². The van der Waals surface area contributed by atoms with Gasteiger partial charge in [0.1, 0.15) is 9.75 Å². The maximum absolute atomic E-state index is 12.4. The van der Waals surface area contributed by atoms with Gasteiger partial charge in [0.25, 0.3) is 5.91 Å². The fourth-order valence-corrected chi connectivity index (χ4v) is 4.18. The van der Waals surface area contributed by atoms with Crippen LogP contribution in [0.3, 0.4) is 0 Å². The summed E-state index contributed by atoms with van der Waals surface area (Å²) in [5.41, 5.74) is 0.426. The fraction of sp³-hybridized carbons (Fsp3) is 0.0667. The van der Waals surface area contributed by atoms with Gasteiger partial charge in [0.05, 0.1) is 17.8 Å². The van der Waals surface area contributed by atoms with Gasteiger partial charge in [-0.15, -0.1) is 22.7 Å². The molecule has 0 aliphatic rings. The highest BCUT2D eigenvalue weighted by molar-refractivity contribution is 7.21. The fourth-order valence-electron chi connectivity index (χ4n) is 2.00. The van der Waals surface area contributed by atoms with E-state index in [9.17, 15) is 9.59 Å². The summed E-state index contributed by atoms with van der Waals surface area (Å²) in [6, 6.07) is 9.21. The highest BCUT2D eigenvalue weighted by atomic mass is 35.5. The first-order valence-electron chi connectivity index (χ1n) is 6.26. The molecule has 0 bridgehead atoms. The summed E-state index contributed by atoms with van der Waals surface area (Å²) in [7, 11) is 1.30. The van der Waals surface area contributed by atoms with Gasteiger partial charge in [0.15, 0.2) is 0 Å². The van der Waals surface area contributed by atoms with E-state index in [-0.39, 0.29) is 5.91 Å². The van der Waals surface area contributed by atoms with Crippen molar-refractivity contribution in [2.45, 2.75) is 0 Å². The lowest BCUT2D eigenvalue weighted by Crippen LogP contribution is -2.13. The number of halogens is 1. The number of methoxy groups -OCH3 is 1. The summed E-state index contributed by atoms with van der Waals surface area (Å²) in [5.74, 6) is -0.817. The second-order valence-electron chi connectivity index (χ2n) is 4.35. The molecule has 3 aromatic rings. The summed E-state index contributed by atoms with van der Waals surface area (Å²) in [4.78, 5) is 24.8. The van der Waals surface area contributed by atoms with Gasteiger partial charge >= 0.3 is 5.97 Å². The van der Waals surface area contributed by atoms with E-state index in [4.69, 9.17) is 16.3 Å². The molecule has 2 heterocycles. The Labute approximate surface area is 139 Å². The average Bonchev–Trinajstić information content (AvgIpc) is 3.12. The number of benzene rings is 1. The smallest absolute Gasteiger partial charge is 0.350 e. The molecule has 0 unspecified atom stereocenters. The zero-order valence-corrected chi connectivity index (χ0v) is 13.8.